The largest absolute Gasteiger partial charge is 0.368 e. The van der Waals surface area contributed by atoms with Crippen LogP contribution in [0.3, 0.4) is 0 Å². The van der Waals surface area contributed by atoms with E-state index in [0.29, 0.717) is 6.61 Å². The summed E-state index contributed by atoms with van der Waals surface area (Å²) in [6.07, 6.45) is -0.298. The Bertz CT molecular complexity index is 1120. The summed E-state index contributed by atoms with van der Waals surface area (Å²) >= 11 is 0. The lowest BCUT2D eigenvalue weighted by Gasteiger charge is -2.26. The zero-order valence-corrected chi connectivity index (χ0v) is 15.6. The van der Waals surface area contributed by atoms with Gasteiger partial charge in [-0.3, -0.25) is 0 Å². The van der Waals surface area contributed by atoms with Crippen molar-refractivity contribution < 1.29 is 17.5 Å². The van der Waals surface area contributed by atoms with Crippen molar-refractivity contribution in [3.8, 4) is 11.3 Å². The van der Waals surface area contributed by atoms with Gasteiger partial charge in [-0.25, -0.2) is 17.5 Å². The molecular weight excluding hydrogens is 383 g/mol. The molecule has 0 radical (unpaired) electrons. The van der Waals surface area contributed by atoms with E-state index in [1.807, 2.05) is 30.3 Å². The summed E-state index contributed by atoms with van der Waals surface area (Å²) in [5.41, 5.74) is 2.53. The van der Waals surface area contributed by atoms with Crippen molar-refractivity contribution in [2.45, 2.75) is 23.6 Å². The Labute approximate surface area is 161 Å². The topological polar surface area (TPSA) is 77.3 Å². The molecule has 2 atom stereocenters. The first-order valence-corrected chi connectivity index (χ1v) is 10.3. The van der Waals surface area contributed by atoms with Gasteiger partial charge in [-0.05, 0) is 24.3 Å². The van der Waals surface area contributed by atoms with Gasteiger partial charge in [0.05, 0.1) is 29.3 Å². The summed E-state index contributed by atoms with van der Waals surface area (Å²) in [6, 6.07) is 14.3. The van der Waals surface area contributed by atoms with E-state index in [0.717, 1.165) is 29.1 Å². The van der Waals surface area contributed by atoms with Crippen LogP contribution in [0.25, 0.3) is 11.3 Å². The first kappa shape index (κ1) is 17.5. The van der Waals surface area contributed by atoms with Crippen molar-refractivity contribution in [3.63, 3.8) is 0 Å². The van der Waals surface area contributed by atoms with Gasteiger partial charge in [0.1, 0.15) is 11.5 Å². The van der Waals surface area contributed by atoms with Gasteiger partial charge in [0.25, 0.3) is 0 Å². The van der Waals surface area contributed by atoms with E-state index in [1.165, 1.54) is 16.4 Å². The highest BCUT2D eigenvalue weighted by Gasteiger charge is 2.45. The Hall–Kier alpha value is -2.62. The molecule has 9 heteroatoms. The number of nitrogens with zero attached hydrogens (tertiary/aromatic N) is 4. The number of fused-ring (bicyclic) bond motifs is 3. The fourth-order valence-electron chi connectivity index (χ4n) is 3.79. The van der Waals surface area contributed by atoms with Crippen LogP contribution in [0, 0.1) is 5.82 Å². The van der Waals surface area contributed by atoms with Crippen LogP contribution in [-0.4, -0.2) is 46.9 Å². The first-order chi connectivity index (χ1) is 13.5. The normalized spacial score (nSPS) is 22.0. The third-order valence-electron chi connectivity index (χ3n) is 5.24. The standard InChI is InChI=1S/C19H17FN4O3S/c20-14-6-8-15(9-7-14)28(25,26)23-10-16-18(11-23)27-12-17-19(21-22-24(16)17)13-4-2-1-3-5-13/h1-9,16,18H,10-12H2/t16-,18?/m1/s1. The van der Waals surface area contributed by atoms with Gasteiger partial charge in [0.2, 0.25) is 10.0 Å². The SMILES string of the molecule is O=S(=O)(c1ccc(F)cc1)N1CC2OCc3c(-c4ccccc4)nnn3[C@@H]2C1. The second-order valence-corrected chi connectivity index (χ2v) is 8.83. The van der Waals surface area contributed by atoms with Crippen molar-refractivity contribution in [2.75, 3.05) is 13.1 Å². The summed E-state index contributed by atoms with van der Waals surface area (Å²) in [4.78, 5) is 0.0661. The fraction of sp³-hybridized carbons (Fsp3) is 0.263. The van der Waals surface area contributed by atoms with Gasteiger partial charge in [-0.1, -0.05) is 35.5 Å². The van der Waals surface area contributed by atoms with Crippen molar-refractivity contribution in [2.24, 2.45) is 0 Å². The third-order valence-corrected chi connectivity index (χ3v) is 7.09. The summed E-state index contributed by atoms with van der Waals surface area (Å²) < 4.78 is 48.1. The minimum atomic E-state index is -3.74. The van der Waals surface area contributed by atoms with Crippen LogP contribution < -0.4 is 0 Å². The maximum Gasteiger partial charge on any atom is 0.243 e. The van der Waals surface area contributed by atoms with Crippen LogP contribution in [0.5, 0.6) is 0 Å². The molecule has 5 rings (SSSR count). The Kier molecular flexibility index (Phi) is 4.04. The van der Waals surface area contributed by atoms with Gasteiger partial charge in [-0.15, -0.1) is 5.10 Å². The number of benzene rings is 2. The van der Waals surface area contributed by atoms with E-state index in [-0.39, 0.29) is 30.1 Å². The molecule has 1 saturated heterocycles. The average Bonchev–Trinajstić information content (AvgIpc) is 3.33. The molecule has 2 aliphatic heterocycles. The average molecular weight is 400 g/mol. The molecule has 2 aliphatic rings. The van der Waals surface area contributed by atoms with Crippen LogP contribution in [0.4, 0.5) is 4.39 Å². The maximum absolute atomic E-state index is 13.2. The van der Waals surface area contributed by atoms with Crippen molar-refractivity contribution in [1.29, 1.82) is 0 Å². The number of halogens is 1. The number of rotatable bonds is 3. The van der Waals surface area contributed by atoms with Crippen LogP contribution in [0.15, 0.2) is 59.5 Å². The Balaban J connectivity index is 1.45. The quantitative estimate of drug-likeness (QED) is 0.674. The Morgan fingerprint density at radius 3 is 2.54 bits per heavy atom. The molecule has 0 spiro atoms. The Morgan fingerprint density at radius 2 is 1.79 bits per heavy atom. The van der Waals surface area contributed by atoms with Crippen LogP contribution in [0.2, 0.25) is 0 Å². The summed E-state index contributed by atoms with van der Waals surface area (Å²) in [5.74, 6) is -0.474. The molecule has 1 aromatic heterocycles. The molecule has 7 nitrogen and oxygen atoms in total. The van der Waals surface area contributed by atoms with Crippen LogP contribution in [-0.2, 0) is 21.4 Å². The molecular formula is C19H17FN4O3S. The van der Waals surface area contributed by atoms with Gasteiger partial charge in [-0.2, -0.15) is 4.31 Å². The number of ether oxygens (including phenoxy) is 1. The summed E-state index contributed by atoms with van der Waals surface area (Å²) in [7, 11) is -3.74. The zero-order valence-electron chi connectivity index (χ0n) is 14.8. The van der Waals surface area contributed by atoms with E-state index in [1.54, 1.807) is 4.68 Å². The Morgan fingerprint density at radius 1 is 1.04 bits per heavy atom. The van der Waals surface area contributed by atoms with E-state index in [2.05, 4.69) is 10.3 Å². The van der Waals surface area contributed by atoms with Crippen LogP contribution in [0.1, 0.15) is 11.7 Å². The van der Waals surface area contributed by atoms with Crippen LogP contribution >= 0.6 is 0 Å². The predicted molar refractivity (Wildman–Crippen MR) is 98.2 cm³/mol. The zero-order chi connectivity index (χ0) is 19.3. The highest BCUT2D eigenvalue weighted by molar-refractivity contribution is 7.89. The monoisotopic (exact) mass is 400 g/mol. The molecule has 0 saturated carbocycles. The first-order valence-electron chi connectivity index (χ1n) is 8.91. The molecule has 0 aliphatic carbocycles. The van der Waals surface area contributed by atoms with E-state index >= 15 is 0 Å². The molecule has 1 fully saturated rings. The molecule has 3 heterocycles. The van der Waals surface area contributed by atoms with E-state index in [4.69, 9.17) is 4.74 Å². The number of aromatic nitrogens is 3. The van der Waals surface area contributed by atoms with Gasteiger partial charge in [0, 0.05) is 18.7 Å². The molecule has 3 aromatic rings. The number of sulfonamides is 1. The smallest absolute Gasteiger partial charge is 0.243 e. The minimum Gasteiger partial charge on any atom is -0.368 e. The molecule has 0 bridgehead atoms. The van der Waals surface area contributed by atoms with E-state index in [9.17, 15) is 12.8 Å². The second kappa shape index (κ2) is 6.47. The molecule has 28 heavy (non-hydrogen) atoms. The maximum atomic E-state index is 13.2. The van der Waals surface area contributed by atoms with Crippen molar-refractivity contribution in [3.05, 3.63) is 66.1 Å². The molecule has 0 N–H and O–H groups in total. The molecule has 0 amide bonds. The van der Waals surface area contributed by atoms with Gasteiger partial charge < -0.3 is 4.74 Å². The lowest BCUT2D eigenvalue weighted by Crippen LogP contribution is -2.32. The minimum absolute atomic E-state index is 0.0661. The van der Waals surface area contributed by atoms with Gasteiger partial charge >= 0.3 is 0 Å². The highest BCUT2D eigenvalue weighted by Crippen LogP contribution is 2.36. The van der Waals surface area contributed by atoms with Crippen molar-refractivity contribution in [1.82, 2.24) is 19.3 Å². The summed E-state index contributed by atoms with van der Waals surface area (Å²) in [5, 5.41) is 8.60. The molecule has 1 unspecified atom stereocenters. The second-order valence-electron chi connectivity index (χ2n) is 6.89. The molecule has 2 aromatic carbocycles. The highest BCUT2D eigenvalue weighted by atomic mass is 32.2. The summed E-state index contributed by atoms with van der Waals surface area (Å²) in [6.45, 7) is 0.780. The lowest BCUT2D eigenvalue weighted by molar-refractivity contribution is -0.00362. The molecule has 144 valence electrons. The number of hydrogen-bond acceptors (Lipinski definition) is 5. The van der Waals surface area contributed by atoms with Crippen molar-refractivity contribution >= 4 is 10.0 Å². The lowest BCUT2D eigenvalue weighted by atomic mass is 10.1. The number of hydrogen-bond donors (Lipinski definition) is 0. The predicted octanol–water partition coefficient (Wildman–Crippen LogP) is 2.23. The fourth-order valence-corrected chi connectivity index (χ4v) is 5.26. The third kappa shape index (κ3) is 2.74. The van der Waals surface area contributed by atoms with Gasteiger partial charge in [0.15, 0.2) is 0 Å². The van der Waals surface area contributed by atoms with E-state index < -0.39 is 15.8 Å².